The summed E-state index contributed by atoms with van der Waals surface area (Å²) in [7, 11) is 0. The molecule has 4 rings (SSSR count). The number of Topliss-reactive ketones (excluding diaryl/α,β-unsaturated/α-hetero) is 1. The summed E-state index contributed by atoms with van der Waals surface area (Å²) in [6.45, 7) is 6.20. The Labute approximate surface area is 175 Å². The molecule has 148 valence electrons. The van der Waals surface area contributed by atoms with E-state index < -0.39 is 0 Å². The van der Waals surface area contributed by atoms with Crippen molar-refractivity contribution in [2.75, 3.05) is 10.6 Å². The van der Waals surface area contributed by atoms with Gasteiger partial charge in [0.25, 0.3) is 0 Å². The first-order valence-electron chi connectivity index (χ1n) is 9.70. The van der Waals surface area contributed by atoms with E-state index in [9.17, 15) is 4.79 Å². The van der Waals surface area contributed by atoms with E-state index in [0.717, 1.165) is 29.1 Å². The fourth-order valence-electron chi connectivity index (χ4n) is 3.59. The second-order valence-corrected chi connectivity index (χ2v) is 8.09. The summed E-state index contributed by atoms with van der Waals surface area (Å²) in [6.07, 6.45) is 1.27. The van der Waals surface area contributed by atoms with Crippen LogP contribution in [0.3, 0.4) is 0 Å². The first-order valence-corrected chi connectivity index (χ1v) is 10.1. The van der Waals surface area contributed by atoms with Gasteiger partial charge in [-0.25, -0.2) is 4.98 Å². The van der Waals surface area contributed by atoms with Crippen LogP contribution in [0.25, 0.3) is 0 Å². The van der Waals surface area contributed by atoms with Crippen LogP contribution in [0.5, 0.6) is 0 Å². The van der Waals surface area contributed by atoms with Crippen LogP contribution in [-0.4, -0.2) is 15.8 Å². The van der Waals surface area contributed by atoms with E-state index in [1.165, 1.54) is 5.56 Å². The Morgan fingerprint density at radius 1 is 1.00 bits per heavy atom. The standard InChI is InChI=1S/C23H23ClN4O/c1-13-11-19-21(20(29)12-13)22(26-18-6-4-5-14(2)15(18)3)28-23(27-19)25-17-9-7-16(24)8-10-17/h4-10,13H,11-12H2,1-3H3,(H2,25,26,27,28). The Morgan fingerprint density at radius 3 is 2.52 bits per heavy atom. The third-order valence-electron chi connectivity index (χ3n) is 5.30. The minimum absolute atomic E-state index is 0.0876. The molecule has 3 aromatic rings. The van der Waals surface area contributed by atoms with Gasteiger partial charge in [-0.3, -0.25) is 4.79 Å². The topological polar surface area (TPSA) is 66.9 Å². The number of benzene rings is 2. The van der Waals surface area contributed by atoms with Gasteiger partial charge in [0.15, 0.2) is 5.78 Å². The van der Waals surface area contributed by atoms with Crippen molar-refractivity contribution in [3.8, 4) is 0 Å². The second-order valence-electron chi connectivity index (χ2n) is 7.66. The van der Waals surface area contributed by atoms with E-state index in [0.29, 0.717) is 28.8 Å². The van der Waals surface area contributed by atoms with E-state index in [1.54, 1.807) is 0 Å². The number of carbonyl (C=O) groups is 1. The van der Waals surface area contributed by atoms with E-state index in [1.807, 2.05) is 36.4 Å². The molecule has 1 aromatic heterocycles. The molecule has 1 atom stereocenters. The first kappa shape index (κ1) is 19.4. The van der Waals surface area contributed by atoms with Crippen molar-refractivity contribution in [2.24, 2.45) is 5.92 Å². The lowest BCUT2D eigenvalue weighted by atomic mass is 9.87. The average molecular weight is 407 g/mol. The van der Waals surface area contributed by atoms with Crippen molar-refractivity contribution in [1.82, 2.24) is 9.97 Å². The first-order chi connectivity index (χ1) is 13.9. The number of halogens is 1. The molecule has 29 heavy (non-hydrogen) atoms. The normalized spacial score (nSPS) is 15.7. The maximum absolute atomic E-state index is 12.8. The van der Waals surface area contributed by atoms with Crippen LogP contribution in [0.1, 0.15) is 40.5 Å². The average Bonchev–Trinajstić information content (AvgIpc) is 2.66. The molecule has 0 radical (unpaired) electrons. The van der Waals surface area contributed by atoms with Crippen molar-refractivity contribution in [2.45, 2.75) is 33.6 Å². The van der Waals surface area contributed by atoms with Gasteiger partial charge in [0.05, 0.1) is 11.3 Å². The molecule has 6 heteroatoms. The summed E-state index contributed by atoms with van der Waals surface area (Å²) in [5.74, 6) is 1.37. The monoisotopic (exact) mass is 406 g/mol. The van der Waals surface area contributed by atoms with E-state index >= 15 is 0 Å². The SMILES string of the molecule is Cc1cccc(Nc2nc(Nc3ccc(Cl)cc3)nc3c2C(=O)CC(C)C3)c1C. The summed E-state index contributed by atoms with van der Waals surface area (Å²) in [5.41, 5.74) is 5.47. The number of nitrogens with one attached hydrogen (secondary N) is 2. The Bertz CT molecular complexity index is 1080. The fraction of sp³-hybridized carbons (Fsp3) is 0.261. The summed E-state index contributed by atoms with van der Waals surface area (Å²) in [5, 5.41) is 7.28. The van der Waals surface area contributed by atoms with Crippen molar-refractivity contribution in [3.63, 3.8) is 0 Å². The summed E-state index contributed by atoms with van der Waals surface area (Å²) < 4.78 is 0. The third-order valence-corrected chi connectivity index (χ3v) is 5.55. The van der Waals surface area contributed by atoms with Gasteiger partial charge in [-0.05, 0) is 67.6 Å². The smallest absolute Gasteiger partial charge is 0.229 e. The van der Waals surface area contributed by atoms with Crippen LogP contribution >= 0.6 is 11.6 Å². The second kappa shape index (κ2) is 7.84. The largest absolute Gasteiger partial charge is 0.339 e. The number of carbonyl (C=O) groups excluding carboxylic acids is 1. The maximum atomic E-state index is 12.8. The lowest BCUT2D eigenvalue weighted by Crippen LogP contribution is -2.22. The highest BCUT2D eigenvalue weighted by Gasteiger charge is 2.28. The van der Waals surface area contributed by atoms with Gasteiger partial charge in [-0.15, -0.1) is 0 Å². The molecular weight excluding hydrogens is 384 g/mol. The van der Waals surface area contributed by atoms with Gasteiger partial charge in [0, 0.05) is 22.8 Å². The zero-order chi connectivity index (χ0) is 20.5. The lowest BCUT2D eigenvalue weighted by molar-refractivity contribution is 0.0953. The van der Waals surface area contributed by atoms with Gasteiger partial charge in [-0.1, -0.05) is 30.7 Å². The summed E-state index contributed by atoms with van der Waals surface area (Å²) >= 11 is 5.98. The number of hydrogen-bond donors (Lipinski definition) is 2. The van der Waals surface area contributed by atoms with Crippen LogP contribution in [0, 0.1) is 19.8 Å². The van der Waals surface area contributed by atoms with Gasteiger partial charge >= 0.3 is 0 Å². The number of aromatic nitrogens is 2. The van der Waals surface area contributed by atoms with Crippen molar-refractivity contribution in [1.29, 1.82) is 0 Å². The molecule has 1 aliphatic carbocycles. The Kier molecular flexibility index (Phi) is 5.24. The molecular formula is C23H23ClN4O. The minimum atomic E-state index is 0.0876. The summed E-state index contributed by atoms with van der Waals surface area (Å²) in [4.78, 5) is 22.1. The van der Waals surface area contributed by atoms with Crippen molar-refractivity contribution >= 4 is 40.5 Å². The van der Waals surface area contributed by atoms with Gasteiger partial charge in [0.2, 0.25) is 5.95 Å². The van der Waals surface area contributed by atoms with E-state index in [2.05, 4.69) is 47.4 Å². The van der Waals surface area contributed by atoms with E-state index in [-0.39, 0.29) is 11.7 Å². The minimum Gasteiger partial charge on any atom is -0.339 e. The molecule has 0 bridgehead atoms. The number of fused-ring (bicyclic) bond motifs is 1. The number of anilines is 4. The highest BCUT2D eigenvalue weighted by molar-refractivity contribution is 6.30. The predicted molar refractivity (Wildman–Crippen MR) is 118 cm³/mol. The fourth-order valence-corrected chi connectivity index (χ4v) is 3.72. The maximum Gasteiger partial charge on any atom is 0.229 e. The third kappa shape index (κ3) is 4.10. The van der Waals surface area contributed by atoms with Crippen LogP contribution in [0.2, 0.25) is 5.02 Å². The van der Waals surface area contributed by atoms with Crippen LogP contribution in [0.4, 0.5) is 23.1 Å². The van der Waals surface area contributed by atoms with Gasteiger partial charge < -0.3 is 10.6 Å². The molecule has 2 N–H and O–H groups in total. The number of ketones is 1. The number of aryl methyl sites for hydroxylation is 1. The zero-order valence-corrected chi connectivity index (χ0v) is 17.5. The van der Waals surface area contributed by atoms with Crippen LogP contribution < -0.4 is 10.6 Å². The quantitative estimate of drug-likeness (QED) is 0.556. The Hall–Kier alpha value is -2.92. The molecule has 1 unspecified atom stereocenters. The van der Waals surface area contributed by atoms with Gasteiger partial charge in [0.1, 0.15) is 5.82 Å². The molecule has 5 nitrogen and oxygen atoms in total. The molecule has 0 saturated heterocycles. The molecule has 0 fully saturated rings. The lowest BCUT2D eigenvalue weighted by Gasteiger charge is -2.23. The van der Waals surface area contributed by atoms with Crippen molar-refractivity contribution < 1.29 is 4.79 Å². The van der Waals surface area contributed by atoms with E-state index in [4.69, 9.17) is 11.6 Å². The Balaban J connectivity index is 1.77. The highest BCUT2D eigenvalue weighted by atomic mass is 35.5. The molecule has 2 aromatic carbocycles. The number of nitrogens with zero attached hydrogens (tertiary/aromatic N) is 2. The highest BCUT2D eigenvalue weighted by Crippen LogP contribution is 2.33. The van der Waals surface area contributed by atoms with Crippen LogP contribution in [-0.2, 0) is 6.42 Å². The molecule has 0 amide bonds. The molecule has 0 spiro atoms. The van der Waals surface area contributed by atoms with Crippen molar-refractivity contribution in [3.05, 3.63) is 69.9 Å². The molecule has 1 aliphatic rings. The zero-order valence-electron chi connectivity index (χ0n) is 16.7. The molecule has 0 aliphatic heterocycles. The predicted octanol–water partition coefficient (Wildman–Crippen LogP) is 6.00. The number of rotatable bonds is 4. The number of hydrogen-bond acceptors (Lipinski definition) is 5. The van der Waals surface area contributed by atoms with Crippen LogP contribution in [0.15, 0.2) is 42.5 Å². The molecule has 0 saturated carbocycles. The van der Waals surface area contributed by atoms with Gasteiger partial charge in [-0.2, -0.15) is 4.98 Å². The summed E-state index contributed by atoms with van der Waals surface area (Å²) in [6, 6.07) is 13.4. The molecule has 1 heterocycles. The Morgan fingerprint density at radius 2 is 1.76 bits per heavy atom.